The molecule has 21 heavy (non-hydrogen) atoms. The lowest BCUT2D eigenvalue weighted by Gasteiger charge is -2.08. The van der Waals surface area contributed by atoms with Gasteiger partial charge in [-0.25, -0.2) is 0 Å². The highest BCUT2D eigenvalue weighted by Gasteiger charge is 2.14. The van der Waals surface area contributed by atoms with Gasteiger partial charge in [0.1, 0.15) is 17.3 Å². The summed E-state index contributed by atoms with van der Waals surface area (Å²) in [4.78, 5) is 4.37. The van der Waals surface area contributed by atoms with E-state index >= 15 is 0 Å². The summed E-state index contributed by atoms with van der Waals surface area (Å²) in [7, 11) is 0. The van der Waals surface area contributed by atoms with E-state index in [1.54, 1.807) is 24.3 Å². The van der Waals surface area contributed by atoms with Crippen molar-refractivity contribution in [1.82, 2.24) is 5.32 Å². The first-order valence-corrected chi connectivity index (χ1v) is 6.95. The predicted octanol–water partition coefficient (Wildman–Crippen LogP) is 0.821. The van der Waals surface area contributed by atoms with Crippen molar-refractivity contribution in [2.45, 2.75) is 18.9 Å². The van der Waals surface area contributed by atoms with Gasteiger partial charge in [0.2, 0.25) is 0 Å². The Morgan fingerprint density at radius 2 is 2.19 bits per heavy atom. The zero-order chi connectivity index (χ0) is 15.2. The number of aromatic hydroxyl groups is 1. The molecule has 0 bridgehead atoms. The van der Waals surface area contributed by atoms with Crippen molar-refractivity contribution < 1.29 is 5.11 Å². The molecule has 2 rings (SSSR count). The van der Waals surface area contributed by atoms with Crippen LogP contribution in [0.25, 0.3) is 5.70 Å². The van der Waals surface area contributed by atoms with Crippen LogP contribution in [-0.2, 0) is 0 Å². The Balaban J connectivity index is 2.18. The molecule has 0 radical (unpaired) electrons. The van der Waals surface area contributed by atoms with E-state index in [2.05, 4.69) is 10.3 Å². The molecule has 1 aromatic rings. The molecule has 1 aromatic carbocycles. The van der Waals surface area contributed by atoms with E-state index < -0.39 is 0 Å². The van der Waals surface area contributed by atoms with Crippen molar-refractivity contribution >= 4 is 17.2 Å². The van der Waals surface area contributed by atoms with E-state index in [0.717, 1.165) is 19.4 Å². The average molecular weight is 287 g/mol. The molecule has 7 N–H and O–H groups in total. The number of nitrogens with zero attached hydrogens (tertiary/aromatic N) is 1. The third-order valence-corrected chi connectivity index (χ3v) is 3.43. The van der Waals surface area contributed by atoms with Crippen molar-refractivity contribution in [3.8, 4) is 5.75 Å². The van der Waals surface area contributed by atoms with Crippen LogP contribution in [0.15, 0.2) is 35.3 Å². The number of hydrogen-bond acceptors (Lipinski definition) is 5. The van der Waals surface area contributed by atoms with Gasteiger partial charge < -0.3 is 21.9 Å². The van der Waals surface area contributed by atoms with Gasteiger partial charge in [-0.1, -0.05) is 12.1 Å². The SMILES string of the molecule is N=C(N)C(/C=C(\N)c1ccccc1O)=NCC1CCCN1. The summed E-state index contributed by atoms with van der Waals surface area (Å²) < 4.78 is 0. The maximum absolute atomic E-state index is 9.78. The predicted molar refractivity (Wildman–Crippen MR) is 85.5 cm³/mol. The second-order valence-electron chi connectivity index (χ2n) is 5.05. The highest BCUT2D eigenvalue weighted by Crippen LogP contribution is 2.21. The van der Waals surface area contributed by atoms with Crippen LogP contribution < -0.4 is 16.8 Å². The lowest BCUT2D eigenvalue weighted by atomic mass is 10.1. The topological polar surface area (TPSA) is 121 Å². The zero-order valence-corrected chi connectivity index (χ0v) is 11.8. The maximum Gasteiger partial charge on any atom is 0.141 e. The van der Waals surface area contributed by atoms with Gasteiger partial charge in [0.05, 0.1) is 6.54 Å². The number of phenols is 1. The van der Waals surface area contributed by atoms with E-state index in [-0.39, 0.29) is 11.6 Å². The second-order valence-corrected chi connectivity index (χ2v) is 5.05. The van der Waals surface area contributed by atoms with Gasteiger partial charge in [-0.2, -0.15) is 0 Å². The number of amidine groups is 1. The van der Waals surface area contributed by atoms with Gasteiger partial charge in [0.25, 0.3) is 0 Å². The van der Waals surface area contributed by atoms with E-state index in [1.165, 1.54) is 6.08 Å². The minimum atomic E-state index is -0.133. The van der Waals surface area contributed by atoms with E-state index in [0.29, 0.717) is 29.6 Å². The average Bonchev–Trinajstić information content (AvgIpc) is 2.96. The molecule has 0 amide bonds. The van der Waals surface area contributed by atoms with E-state index in [1.807, 2.05) is 0 Å². The normalized spacial score (nSPS) is 19.7. The maximum atomic E-state index is 9.78. The number of aliphatic imine (C=N–C) groups is 1. The summed E-state index contributed by atoms with van der Waals surface area (Å²) in [6.45, 7) is 1.57. The Morgan fingerprint density at radius 3 is 2.81 bits per heavy atom. The molecular weight excluding hydrogens is 266 g/mol. The molecule has 1 saturated heterocycles. The number of nitrogens with one attached hydrogen (secondary N) is 2. The summed E-state index contributed by atoms with van der Waals surface area (Å²) in [5.74, 6) is -0.0435. The summed E-state index contributed by atoms with van der Waals surface area (Å²) in [5, 5.41) is 20.7. The van der Waals surface area contributed by atoms with Gasteiger partial charge in [-0.3, -0.25) is 10.4 Å². The smallest absolute Gasteiger partial charge is 0.141 e. The molecule has 0 saturated carbocycles. The van der Waals surface area contributed by atoms with Gasteiger partial charge in [0, 0.05) is 17.3 Å². The summed E-state index contributed by atoms with van der Waals surface area (Å²) >= 11 is 0. The van der Waals surface area contributed by atoms with Gasteiger partial charge in [-0.05, 0) is 37.6 Å². The summed E-state index contributed by atoms with van der Waals surface area (Å²) in [6, 6.07) is 7.10. The fourth-order valence-electron chi connectivity index (χ4n) is 2.27. The van der Waals surface area contributed by atoms with Crippen LogP contribution >= 0.6 is 0 Å². The first-order valence-electron chi connectivity index (χ1n) is 6.95. The van der Waals surface area contributed by atoms with Gasteiger partial charge in [0.15, 0.2) is 0 Å². The van der Waals surface area contributed by atoms with Gasteiger partial charge >= 0.3 is 0 Å². The van der Waals surface area contributed by atoms with Crippen LogP contribution in [0.4, 0.5) is 0 Å². The Kier molecular flexibility index (Phi) is 4.94. The third kappa shape index (κ3) is 4.06. The zero-order valence-electron chi connectivity index (χ0n) is 11.8. The van der Waals surface area contributed by atoms with Gasteiger partial charge in [-0.15, -0.1) is 0 Å². The van der Waals surface area contributed by atoms with Crippen LogP contribution in [0.1, 0.15) is 18.4 Å². The van der Waals surface area contributed by atoms with Crippen LogP contribution in [0.5, 0.6) is 5.75 Å². The summed E-state index contributed by atoms with van der Waals surface area (Å²) in [6.07, 6.45) is 3.76. The summed E-state index contributed by atoms with van der Waals surface area (Å²) in [5.41, 5.74) is 12.7. The van der Waals surface area contributed by atoms with Crippen molar-refractivity contribution in [2.24, 2.45) is 16.5 Å². The lowest BCUT2D eigenvalue weighted by molar-refractivity contribution is 0.473. The molecule has 1 atom stereocenters. The molecular formula is C15H21N5O. The van der Waals surface area contributed by atoms with E-state index in [4.69, 9.17) is 16.9 Å². The highest BCUT2D eigenvalue weighted by molar-refractivity contribution is 6.45. The van der Waals surface area contributed by atoms with Crippen LogP contribution in [0.3, 0.4) is 0 Å². The standard InChI is InChI=1S/C15H21N5O/c16-12(11-5-1-2-6-14(11)21)8-13(15(17)18)20-9-10-4-3-7-19-10/h1-2,5-6,8,10,19,21H,3-4,7,9,16H2,(H3,17,18)/b12-8-,20-13?. The quantitative estimate of drug-likeness (QED) is 0.406. The monoisotopic (exact) mass is 287 g/mol. The first kappa shape index (κ1) is 15.1. The highest BCUT2D eigenvalue weighted by atomic mass is 16.3. The Bertz CT molecular complexity index is 573. The van der Waals surface area contributed by atoms with Crippen molar-refractivity contribution in [2.75, 3.05) is 13.1 Å². The molecule has 1 aliphatic rings. The molecule has 0 aliphatic carbocycles. The first-order chi connectivity index (χ1) is 10.1. The minimum Gasteiger partial charge on any atom is -0.507 e. The van der Waals surface area contributed by atoms with Crippen LogP contribution in [0.2, 0.25) is 0 Å². The fourth-order valence-corrected chi connectivity index (χ4v) is 2.27. The molecule has 112 valence electrons. The minimum absolute atomic E-state index is 0.0895. The Morgan fingerprint density at radius 1 is 1.43 bits per heavy atom. The molecule has 6 heteroatoms. The lowest BCUT2D eigenvalue weighted by Crippen LogP contribution is -2.27. The van der Waals surface area contributed by atoms with Crippen LogP contribution in [0, 0.1) is 5.41 Å². The number of benzene rings is 1. The molecule has 1 unspecified atom stereocenters. The molecule has 1 aliphatic heterocycles. The molecule has 0 aromatic heterocycles. The van der Waals surface area contributed by atoms with E-state index in [9.17, 15) is 5.11 Å². The number of hydrogen-bond donors (Lipinski definition) is 5. The largest absolute Gasteiger partial charge is 0.507 e. The second kappa shape index (κ2) is 6.90. The Labute approximate surface area is 124 Å². The number of para-hydroxylation sites is 1. The molecule has 1 fully saturated rings. The molecule has 6 nitrogen and oxygen atoms in total. The van der Waals surface area contributed by atoms with Crippen molar-refractivity contribution in [3.05, 3.63) is 35.9 Å². The third-order valence-electron chi connectivity index (χ3n) is 3.43. The fraction of sp³-hybridized carbons (Fsp3) is 0.333. The van der Waals surface area contributed by atoms with Crippen LogP contribution in [-0.4, -0.2) is 35.8 Å². The molecule has 1 heterocycles. The Hall–Kier alpha value is -2.34. The number of rotatable bonds is 5. The number of nitrogens with two attached hydrogens (primary N) is 2. The number of phenolic OH excluding ortho intramolecular Hbond substituents is 1. The molecule has 0 spiro atoms. The van der Waals surface area contributed by atoms with Crippen molar-refractivity contribution in [3.63, 3.8) is 0 Å². The van der Waals surface area contributed by atoms with Crippen molar-refractivity contribution in [1.29, 1.82) is 5.41 Å².